The molecular formula is C15H28N2S. The third-order valence-corrected chi connectivity index (χ3v) is 4.32. The molecule has 1 aromatic rings. The zero-order valence-corrected chi connectivity index (χ0v) is 13.5. The Morgan fingerprint density at radius 2 is 1.94 bits per heavy atom. The predicted octanol–water partition coefficient (Wildman–Crippen LogP) is 3.68. The Labute approximate surface area is 116 Å². The topological polar surface area (TPSA) is 15.3 Å². The first kappa shape index (κ1) is 15.7. The van der Waals surface area contributed by atoms with Gasteiger partial charge in [0.05, 0.1) is 0 Å². The van der Waals surface area contributed by atoms with E-state index in [0.29, 0.717) is 12.1 Å². The predicted molar refractivity (Wildman–Crippen MR) is 82.4 cm³/mol. The van der Waals surface area contributed by atoms with E-state index in [1.165, 1.54) is 16.9 Å². The Kier molecular flexibility index (Phi) is 6.33. The number of aryl methyl sites for hydroxylation is 1. The summed E-state index contributed by atoms with van der Waals surface area (Å²) in [5.74, 6) is 0.735. The standard InChI is InChI=1S/C15H28N2S/c1-11(2)9-14(10-17(5)6)16-13(4)15-12(3)7-8-18-15/h7-8,11,13-14,16H,9-10H2,1-6H3. The highest BCUT2D eigenvalue weighted by atomic mass is 32.1. The Bertz CT molecular complexity index is 334. The van der Waals surface area contributed by atoms with Crippen LogP contribution in [0.4, 0.5) is 0 Å². The number of nitrogens with zero attached hydrogens (tertiary/aromatic N) is 1. The molecule has 1 aromatic heterocycles. The molecule has 1 heterocycles. The average Bonchev–Trinajstić information content (AvgIpc) is 2.61. The van der Waals surface area contributed by atoms with Crippen molar-refractivity contribution >= 4 is 11.3 Å². The number of hydrogen-bond acceptors (Lipinski definition) is 3. The van der Waals surface area contributed by atoms with E-state index >= 15 is 0 Å². The van der Waals surface area contributed by atoms with Gasteiger partial charge in [-0.2, -0.15) is 0 Å². The van der Waals surface area contributed by atoms with Crippen molar-refractivity contribution in [3.8, 4) is 0 Å². The van der Waals surface area contributed by atoms with E-state index in [1.807, 2.05) is 11.3 Å². The van der Waals surface area contributed by atoms with Gasteiger partial charge >= 0.3 is 0 Å². The third-order valence-electron chi connectivity index (χ3n) is 3.12. The van der Waals surface area contributed by atoms with Crippen molar-refractivity contribution in [3.05, 3.63) is 21.9 Å². The first-order valence-electron chi connectivity index (χ1n) is 6.85. The van der Waals surface area contributed by atoms with E-state index in [2.05, 4.69) is 63.5 Å². The van der Waals surface area contributed by atoms with Crippen molar-refractivity contribution in [2.75, 3.05) is 20.6 Å². The van der Waals surface area contributed by atoms with Crippen LogP contribution in [0.2, 0.25) is 0 Å². The summed E-state index contributed by atoms with van der Waals surface area (Å²) in [6.07, 6.45) is 1.23. The molecule has 0 aliphatic carbocycles. The summed E-state index contributed by atoms with van der Waals surface area (Å²) in [4.78, 5) is 3.75. The fraction of sp³-hybridized carbons (Fsp3) is 0.733. The van der Waals surface area contributed by atoms with Crippen LogP contribution < -0.4 is 5.32 Å². The van der Waals surface area contributed by atoms with E-state index in [0.717, 1.165) is 12.5 Å². The van der Waals surface area contributed by atoms with E-state index in [9.17, 15) is 0 Å². The van der Waals surface area contributed by atoms with Crippen LogP contribution in [0.5, 0.6) is 0 Å². The molecule has 0 fully saturated rings. The van der Waals surface area contributed by atoms with Crippen LogP contribution in [0.25, 0.3) is 0 Å². The summed E-state index contributed by atoms with van der Waals surface area (Å²) in [6.45, 7) is 10.2. The smallest absolute Gasteiger partial charge is 0.0391 e. The lowest BCUT2D eigenvalue weighted by molar-refractivity contribution is 0.291. The number of hydrogen-bond donors (Lipinski definition) is 1. The Morgan fingerprint density at radius 1 is 1.28 bits per heavy atom. The monoisotopic (exact) mass is 268 g/mol. The largest absolute Gasteiger partial charge is 0.308 e. The van der Waals surface area contributed by atoms with Crippen molar-refractivity contribution in [3.63, 3.8) is 0 Å². The summed E-state index contributed by atoms with van der Waals surface area (Å²) < 4.78 is 0. The van der Waals surface area contributed by atoms with Gasteiger partial charge in [-0.3, -0.25) is 0 Å². The second kappa shape index (κ2) is 7.27. The van der Waals surface area contributed by atoms with Gasteiger partial charge in [0.25, 0.3) is 0 Å². The third kappa shape index (κ3) is 5.09. The Morgan fingerprint density at radius 3 is 2.39 bits per heavy atom. The lowest BCUT2D eigenvalue weighted by atomic mass is 10.0. The number of likely N-dealkylation sites (N-methyl/N-ethyl adjacent to an activating group) is 1. The second-order valence-corrected chi connectivity index (χ2v) is 6.89. The minimum absolute atomic E-state index is 0.453. The Hall–Kier alpha value is -0.380. The van der Waals surface area contributed by atoms with Crippen LogP contribution in [0.1, 0.15) is 43.7 Å². The average molecular weight is 268 g/mol. The molecule has 3 heteroatoms. The second-order valence-electron chi connectivity index (χ2n) is 5.94. The normalized spacial score (nSPS) is 15.3. The van der Waals surface area contributed by atoms with Gasteiger partial charge in [-0.15, -0.1) is 11.3 Å². The molecule has 2 unspecified atom stereocenters. The van der Waals surface area contributed by atoms with Gasteiger partial charge in [-0.1, -0.05) is 13.8 Å². The van der Waals surface area contributed by atoms with Crippen molar-refractivity contribution < 1.29 is 0 Å². The van der Waals surface area contributed by atoms with Crippen LogP contribution in [-0.2, 0) is 0 Å². The molecule has 0 aliphatic rings. The maximum atomic E-state index is 3.79. The zero-order valence-electron chi connectivity index (χ0n) is 12.7. The van der Waals surface area contributed by atoms with Crippen molar-refractivity contribution in [2.45, 2.75) is 46.2 Å². The van der Waals surface area contributed by atoms with Gasteiger partial charge < -0.3 is 10.2 Å². The molecule has 2 nitrogen and oxygen atoms in total. The van der Waals surface area contributed by atoms with Gasteiger partial charge in [-0.25, -0.2) is 0 Å². The maximum absolute atomic E-state index is 3.79. The molecule has 0 aliphatic heterocycles. The van der Waals surface area contributed by atoms with Crippen LogP contribution in [-0.4, -0.2) is 31.6 Å². The maximum Gasteiger partial charge on any atom is 0.0391 e. The summed E-state index contributed by atoms with van der Waals surface area (Å²) >= 11 is 1.86. The van der Waals surface area contributed by atoms with Crippen LogP contribution in [0.3, 0.4) is 0 Å². The van der Waals surface area contributed by atoms with E-state index in [1.54, 1.807) is 0 Å². The molecule has 0 amide bonds. The lowest BCUT2D eigenvalue weighted by Crippen LogP contribution is -2.40. The van der Waals surface area contributed by atoms with Crippen molar-refractivity contribution in [1.82, 2.24) is 10.2 Å². The molecule has 0 saturated heterocycles. The minimum Gasteiger partial charge on any atom is -0.308 e. The Balaban J connectivity index is 2.62. The quantitative estimate of drug-likeness (QED) is 0.811. The molecule has 2 atom stereocenters. The van der Waals surface area contributed by atoms with Gasteiger partial charge in [0.15, 0.2) is 0 Å². The number of thiophene rings is 1. The van der Waals surface area contributed by atoms with Crippen LogP contribution >= 0.6 is 11.3 Å². The number of nitrogens with one attached hydrogen (secondary N) is 1. The van der Waals surface area contributed by atoms with E-state index < -0.39 is 0 Å². The summed E-state index contributed by atoms with van der Waals surface area (Å²) in [6, 6.07) is 3.23. The fourth-order valence-electron chi connectivity index (χ4n) is 2.46. The SMILES string of the molecule is Cc1ccsc1C(C)NC(CC(C)C)CN(C)C. The van der Waals surface area contributed by atoms with Crippen LogP contribution in [0.15, 0.2) is 11.4 Å². The van der Waals surface area contributed by atoms with Crippen LogP contribution in [0, 0.1) is 12.8 Å². The molecule has 1 rings (SSSR count). The molecule has 104 valence electrons. The molecule has 0 bridgehead atoms. The highest BCUT2D eigenvalue weighted by molar-refractivity contribution is 7.10. The van der Waals surface area contributed by atoms with Crippen molar-refractivity contribution in [1.29, 1.82) is 0 Å². The summed E-state index contributed by atoms with van der Waals surface area (Å²) in [5, 5.41) is 5.98. The van der Waals surface area contributed by atoms with Crippen molar-refractivity contribution in [2.24, 2.45) is 5.92 Å². The zero-order chi connectivity index (χ0) is 13.7. The lowest BCUT2D eigenvalue weighted by Gasteiger charge is -2.27. The minimum atomic E-state index is 0.453. The molecule has 18 heavy (non-hydrogen) atoms. The molecular weight excluding hydrogens is 240 g/mol. The molecule has 0 aromatic carbocycles. The van der Waals surface area contributed by atoms with Gasteiger partial charge in [0.2, 0.25) is 0 Å². The highest BCUT2D eigenvalue weighted by Gasteiger charge is 2.17. The highest BCUT2D eigenvalue weighted by Crippen LogP contribution is 2.24. The molecule has 0 spiro atoms. The van der Waals surface area contributed by atoms with E-state index in [4.69, 9.17) is 0 Å². The summed E-state index contributed by atoms with van der Waals surface area (Å²) in [7, 11) is 4.30. The molecule has 0 radical (unpaired) electrons. The van der Waals surface area contributed by atoms with Gasteiger partial charge in [0, 0.05) is 23.5 Å². The number of rotatable bonds is 7. The van der Waals surface area contributed by atoms with E-state index in [-0.39, 0.29) is 0 Å². The first-order valence-corrected chi connectivity index (χ1v) is 7.72. The molecule has 1 N–H and O–H groups in total. The first-order chi connectivity index (χ1) is 8.40. The van der Waals surface area contributed by atoms with Gasteiger partial charge in [0.1, 0.15) is 0 Å². The summed E-state index contributed by atoms with van der Waals surface area (Å²) in [5.41, 5.74) is 1.41. The van der Waals surface area contributed by atoms with Gasteiger partial charge in [-0.05, 0) is 57.3 Å². The fourth-order valence-corrected chi connectivity index (χ4v) is 3.41. The molecule has 0 saturated carbocycles.